The smallest absolute Gasteiger partial charge is 0.243 e. The van der Waals surface area contributed by atoms with E-state index in [0.717, 1.165) is 12.8 Å². The zero-order valence-electron chi connectivity index (χ0n) is 17.6. The Hall–Kier alpha value is -1.73. The maximum absolute atomic E-state index is 13.2. The number of carbonyl (C=O) groups excluding carboxylic acids is 2. The minimum absolute atomic E-state index is 0.118. The monoisotopic (exact) mass is 420 g/mol. The van der Waals surface area contributed by atoms with Gasteiger partial charge in [-0.3, -0.25) is 9.59 Å². The van der Waals surface area contributed by atoms with Gasteiger partial charge in [0.05, 0.1) is 4.90 Å². The molecule has 29 heavy (non-hydrogen) atoms. The molecule has 0 radical (unpaired) electrons. The summed E-state index contributed by atoms with van der Waals surface area (Å²) in [5.41, 5.74) is 0.389. The molecule has 6 nitrogen and oxygen atoms in total. The van der Waals surface area contributed by atoms with Crippen LogP contribution in [0.5, 0.6) is 0 Å². The highest BCUT2D eigenvalue weighted by Gasteiger charge is 2.37. The molecule has 1 aromatic carbocycles. The van der Waals surface area contributed by atoms with Crippen LogP contribution in [0.15, 0.2) is 29.2 Å². The molecule has 1 amide bonds. The third-order valence-corrected chi connectivity index (χ3v) is 8.11. The summed E-state index contributed by atoms with van der Waals surface area (Å²) in [6, 6.07) is 6.69. The number of piperidine rings is 1. The minimum atomic E-state index is -3.66. The molecule has 0 spiro atoms. The van der Waals surface area contributed by atoms with E-state index in [1.54, 1.807) is 12.1 Å². The number of nitrogens with zero attached hydrogens (tertiary/aromatic N) is 2. The van der Waals surface area contributed by atoms with Crippen molar-refractivity contribution in [1.82, 2.24) is 9.21 Å². The van der Waals surface area contributed by atoms with Crippen LogP contribution in [0.4, 0.5) is 0 Å². The third kappa shape index (κ3) is 4.72. The number of Topliss-reactive ketones (excluding diaryl/α,β-unsaturated/α-hetero) is 1. The molecular formula is C22H32N2O4S. The van der Waals surface area contributed by atoms with Gasteiger partial charge in [0.25, 0.3) is 0 Å². The summed E-state index contributed by atoms with van der Waals surface area (Å²) in [4.78, 5) is 27.0. The Labute approximate surface area is 174 Å². The van der Waals surface area contributed by atoms with Crippen molar-refractivity contribution in [1.29, 1.82) is 0 Å². The quantitative estimate of drug-likeness (QED) is 0.661. The normalized spacial score (nSPS) is 19.6. The van der Waals surface area contributed by atoms with Gasteiger partial charge in [0, 0.05) is 36.7 Å². The molecule has 0 unspecified atom stereocenters. The minimum Gasteiger partial charge on any atom is -0.337 e. The van der Waals surface area contributed by atoms with E-state index in [1.165, 1.54) is 36.2 Å². The van der Waals surface area contributed by atoms with Gasteiger partial charge in [-0.25, -0.2) is 8.42 Å². The van der Waals surface area contributed by atoms with Gasteiger partial charge in [0.2, 0.25) is 15.9 Å². The highest BCUT2D eigenvalue weighted by atomic mass is 32.2. The van der Waals surface area contributed by atoms with Gasteiger partial charge < -0.3 is 4.90 Å². The van der Waals surface area contributed by atoms with Crippen molar-refractivity contribution in [3.05, 3.63) is 29.8 Å². The van der Waals surface area contributed by atoms with Crippen molar-refractivity contribution in [2.24, 2.45) is 5.92 Å². The fourth-order valence-corrected chi connectivity index (χ4v) is 6.13. The molecule has 1 saturated heterocycles. The number of rotatable bonds is 6. The van der Waals surface area contributed by atoms with Gasteiger partial charge in [-0.1, -0.05) is 25.0 Å². The van der Waals surface area contributed by atoms with Gasteiger partial charge in [0.1, 0.15) is 0 Å². The Morgan fingerprint density at radius 3 is 2.24 bits per heavy atom. The number of carbonyl (C=O) groups is 2. The van der Waals surface area contributed by atoms with Crippen LogP contribution in [0, 0.1) is 5.92 Å². The predicted octanol–water partition coefficient (Wildman–Crippen LogP) is 3.47. The Balaban J connectivity index is 1.68. The molecule has 0 atom stereocenters. The van der Waals surface area contributed by atoms with E-state index in [-0.39, 0.29) is 28.5 Å². The van der Waals surface area contributed by atoms with Crippen molar-refractivity contribution in [2.75, 3.05) is 13.1 Å². The zero-order valence-corrected chi connectivity index (χ0v) is 18.5. The van der Waals surface area contributed by atoms with Gasteiger partial charge in [0.15, 0.2) is 5.78 Å². The van der Waals surface area contributed by atoms with E-state index in [0.29, 0.717) is 37.5 Å². The standard InChI is InChI=1S/C22H32N2O4S/c1-16(2)24(20-8-4-5-9-20)22(26)18-11-13-23(14-12-18)29(27,28)21-10-6-7-19(15-21)17(3)25/h6-7,10,15-16,18,20H,4-5,8-9,11-14H2,1-3H3. The number of hydrogen-bond donors (Lipinski definition) is 0. The summed E-state index contributed by atoms with van der Waals surface area (Å²) < 4.78 is 27.5. The number of benzene rings is 1. The molecule has 1 saturated carbocycles. The molecule has 0 bridgehead atoms. The second kappa shape index (κ2) is 8.96. The van der Waals surface area contributed by atoms with Crippen molar-refractivity contribution >= 4 is 21.7 Å². The second-order valence-electron chi connectivity index (χ2n) is 8.54. The van der Waals surface area contributed by atoms with Crippen LogP contribution in [0.3, 0.4) is 0 Å². The van der Waals surface area contributed by atoms with Crippen LogP contribution < -0.4 is 0 Å². The fraction of sp³-hybridized carbons (Fsp3) is 0.636. The zero-order chi connectivity index (χ0) is 21.2. The van der Waals surface area contributed by atoms with E-state index in [1.807, 2.05) is 0 Å². The maximum atomic E-state index is 13.2. The Morgan fingerprint density at radius 1 is 1.07 bits per heavy atom. The lowest BCUT2D eigenvalue weighted by Crippen LogP contribution is -2.49. The van der Waals surface area contributed by atoms with Crippen molar-refractivity contribution in [3.63, 3.8) is 0 Å². The first-order valence-electron chi connectivity index (χ1n) is 10.6. The van der Waals surface area contributed by atoms with Gasteiger partial charge in [-0.2, -0.15) is 4.31 Å². The van der Waals surface area contributed by atoms with Gasteiger partial charge in [-0.15, -0.1) is 0 Å². The van der Waals surface area contributed by atoms with E-state index >= 15 is 0 Å². The molecule has 7 heteroatoms. The average Bonchev–Trinajstić information content (AvgIpc) is 3.22. The van der Waals surface area contributed by atoms with Crippen molar-refractivity contribution < 1.29 is 18.0 Å². The molecule has 2 fully saturated rings. The maximum Gasteiger partial charge on any atom is 0.243 e. The summed E-state index contributed by atoms with van der Waals surface area (Å²) >= 11 is 0. The summed E-state index contributed by atoms with van der Waals surface area (Å²) in [5.74, 6) is -0.0948. The van der Waals surface area contributed by atoms with E-state index in [4.69, 9.17) is 0 Å². The van der Waals surface area contributed by atoms with E-state index in [9.17, 15) is 18.0 Å². The van der Waals surface area contributed by atoms with Crippen molar-refractivity contribution in [2.45, 2.75) is 76.3 Å². The molecule has 2 aliphatic rings. The predicted molar refractivity (Wildman–Crippen MR) is 112 cm³/mol. The molecule has 160 valence electrons. The fourth-order valence-electron chi connectivity index (χ4n) is 4.62. The molecular weight excluding hydrogens is 388 g/mol. The molecule has 0 N–H and O–H groups in total. The highest BCUT2D eigenvalue weighted by Crippen LogP contribution is 2.30. The lowest BCUT2D eigenvalue weighted by Gasteiger charge is -2.38. The molecule has 1 heterocycles. The highest BCUT2D eigenvalue weighted by molar-refractivity contribution is 7.89. The van der Waals surface area contributed by atoms with Crippen LogP contribution in [0.25, 0.3) is 0 Å². The third-order valence-electron chi connectivity index (χ3n) is 6.21. The molecule has 0 aromatic heterocycles. The first-order chi connectivity index (χ1) is 13.7. The van der Waals surface area contributed by atoms with E-state index < -0.39 is 10.0 Å². The van der Waals surface area contributed by atoms with Crippen molar-refractivity contribution in [3.8, 4) is 0 Å². The van der Waals surface area contributed by atoms with Crippen LogP contribution in [-0.2, 0) is 14.8 Å². The van der Waals surface area contributed by atoms with Crippen LogP contribution in [-0.4, -0.2) is 54.5 Å². The first-order valence-corrected chi connectivity index (χ1v) is 12.1. The van der Waals surface area contributed by atoms with Crippen LogP contribution >= 0.6 is 0 Å². The summed E-state index contributed by atoms with van der Waals surface area (Å²) in [6.07, 6.45) is 5.59. The second-order valence-corrected chi connectivity index (χ2v) is 10.5. The molecule has 1 aliphatic carbocycles. The lowest BCUT2D eigenvalue weighted by molar-refractivity contribution is -0.141. The summed E-state index contributed by atoms with van der Waals surface area (Å²) in [7, 11) is -3.66. The SMILES string of the molecule is CC(=O)c1cccc(S(=O)(=O)N2CCC(C(=O)N(C(C)C)C3CCCC3)CC2)c1. The first kappa shape index (κ1) is 22.0. The van der Waals surface area contributed by atoms with E-state index in [2.05, 4.69) is 18.7 Å². The topological polar surface area (TPSA) is 74.8 Å². The molecule has 1 aliphatic heterocycles. The summed E-state index contributed by atoms with van der Waals surface area (Å²) in [6.45, 7) is 6.22. The lowest BCUT2D eigenvalue weighted by atomic mass is 9.95. The van der Waals surface area contributed by atoms with Gasteiger partial charge >= 0.3 is 0 Å². The molecule has 3 rings (SSSR count). The number of amides is 1. The van der Waals surface area contributed by atoms with Gasteiger partial charge in [-0.05, 0) is 58.6 Å². The summed E-state index contributed by atoms with van der Waals surface area (Å²) in [5, 5.41) is 0. The Bertz CT molecular complexity index is 851. The van der Waals surface area contributed by atoms with Crippen LogP contribution in [0.2, 0.25) is 0 Å². The molecule has 1 aromatic rings. The number of ketones is 1. The number of sulfonamides is 1. The Kier molecular flexibility index (Phi) is 6.79. The number of hydrogen-bond acceptors (Lipinski definition) is 4. The average molecular weight is 421 g/mol. The largest absolute Gasteiger partial charge is 0.337 e. The van der Waals surface area contributed by atoms with Crippen LogP contribution in [0.1, 0.15) is 69.7 Å². The Morgan fingerprint density at radius 2 is 1.69 bits per heavy atom.